The number of benzene rings is 1. The number of halogens is 2. The summed E-state index contributed by atoms with van der Waals surface area (Å²) in [6, 6.07) is 2.55. The van der Waals surface area contributed by atoms with Gasteiger partial charge in [-0.2, -0.15) is 0 Å². The molecule has 1 aromatic rings. The summed E-state index contributed by atoms with van der Waals surface area (Å²) in [6.07, 6.45) is 0.800. The number of carbonyl (C=O) groups excluding carboxylic acids is 1. The van der Waals surface area contributed by atoms with Crippen molar-refractivity contribution in [1.82, 2.24) is 5.32 Å². The van der Waals surface area contributed by atoms with Gasteiger partial charge in [-0.1, -0.05) is 26.3 Å². The lowest BCUT2D eigenvalue weighted by Gasteiger charge is -2.21. The minimum absolute atomic E-state index is 0.0668. The minimum Gasteiger partial charge on any atom is -0.348 e. The van der Waals surface area contributed by atoms with E-state index in [1.807, 2.05) is 13.8 Å². The van der Waals surface area contributed by atoms with Crippen LogP contribution in [0.4, 0.5) is 8.78 Å². The molecule has 19 heavy (non-hydrogen) atoms. The van der Waals surface area contributed by atoms with Crippen LogP contribution in [0.25, 0.3) is 0 Å². The van der Waals surface area contributed by atoms with Crippen molar-refractivity contribution in [2.45, 2.75) is 39.3 Å². The number of amides is 1. The predicted octanol–water partition coefficient (Wildman–Crippen LogP) is 2.52. The molecule has 0 heterocycles. The summed E-state index contributed by atoms with van der Waals surface area (Å²) in [7, 11) is 0. The molecule has 0 spiro atoms. The van der Waals surface area contributed by atoms with Gasteiger partial charge in [-0.15, -0.1) is 0 Å². The van der Waals surface area contributed by atoms with Gasteiger partial charge in [-0.05, 0) is 30.5 Å². The third-order valence-electron chi connectivity index (χ3n) is 3.36. The number of carbonyl (C=O) groups is 1. The second kappa shape index (κ2) is 6.61. The van der Waals surface area contributed by atoms with Gasteiger partial charge in [0.05, 0.1) is 12.1 Å². The van der Waals surface area contributed by atoms with Gasteiger partial charge in [0.1, 0.15) is 0 Å². The number of nitrogens with two attached hydrogens (primary N) is 1. The van der Waals surface area contributed by atoms with Gasteiger partial charge in [-0.25, -0.2) is 8.78 Å². The highest BCUT2D eigenvalue weighted by molar-refractivity contribution is 5.82. The highest BCUT2D eigenvalue weighted by atomic mass is 19.2. The van der Waals surface area contributed by atoms with Crippen LogP contribution >= 0.6 is 0 Å². The molecule has 0 aliphatic heterocycles. The zero-order valence-electron chi connectivity index (χ0n) is 11.4. The highest BCUT2D eigenvalue weighted by Gasteiger charge is 2.21. The van der Waals surface area contributed by atoms with E-state index in [0.29, 0.717) is 5.56 Å². The fourth-order valence-electron chi connectivity index (χ4n) is 1.69. The summed E-state index contributed by atoms with van der Waals surface area (Å²) >= 11 is 0. The molecule has 3 unspecified atom stereocenters. The van der Waals surface area contributed by atoms with Gasteiger partial charge >= 0.3 is 0 Å². The van der Waals surface area contributed by atoms with Crippen molar-refractivity contribution in [3.05, 3.63) is 35.4 Å². The van der Waals surface area contributed by atoms with Crippen LogP contribution in [0.5, 0.6) is 0 Å². The van der Waals surface area contributed by atoms with Crippen molar-refractivity contribution >= 4 is 5.91 Å². The molecule has 1 rings (SSSR count). The first kappa shape index (κ1) is 15.6. The van der Waals surface area contributed by atoms with E-state index in [0.717, 1.165) is 18.6 Å². The first-order valence-electron chi connectivity index (χ1n) is 6.37. The summed E-state index contributed by atoms with van der Waals surface area (Å²) in [5, 5.41) is 2.70. The Balaban J connectivity index is 2.71. The zero-order chi connectivity index (χ0) is 14.6. The molecule has 3 atom stereocenters. The minimum atomic E-state index is -0.926. The molecule has 3 N–H and O–H groups in total. The van der Waals surface area contributed by atoms with E-state index in [-0.39, 0.29) is 11.8 Å². The summed E-state index contributed by atoms with van der Waals surface area (Å²) < 4.78 is 25.9. The predicted molar refractivity (Wildman–Crippen MR) is 70.3 cm³/mol. The molecule has 1 amide bonds. The molecule has 0 saturated heterocycles. The Hall–Kier alpha value is -1.49. The van der Waals surface area contributed by atoms with Crippen LogP contribution in [0.3, 0.4) is 0 Å². The molecule has 0 saturated carbocycles. The van der Waals surface area contributed by atoms with Crippen LogP contribution < -0.4 is 11.1 Å². The topological polar surface area (TPSA) is 55.1 Å². The Bertz CT molecular complexity index is 451. The monoisotopic (exact) mass is 270 g/mol. The van der Waals surface area contributed by atoms with Crippen LogP contribution in [0.1, 0.15) is 38.8 Å². The van der Waals surface area contributed by atoms with E-state index < -0.39 is 23.7 Å². The van der Waals surface area contributed by atoms with Crippen molar-refractivity contribution in [3.8, 4) is 0 Å². The van der Waals surface area contributed by atoms with Gasteiger partial charge in [0.15, 0.2) is 11.6 Å². The molecule has 5 heteroatoms. The van der Waals surface area contributed by atoms with Crippen LogP contribution in [-0.2, 0) is 4.79 Å². The number of hydrogen-bond acceptors (Lipinski definition) is 2. The Morgan fingerprint density at radius 3 is 2.47 bits per heavy atom. The molecule has 1 aromatic carbocycles. The van der Waals surface area contributed by atoms with Crippen molar-refractivity contribution in [1.29, 1.82) is 0 Å². The standard InChI is InChI=1S/C14H20F2N2O/c1-4-8(2)13(17)14(19)18-9(3)10-5-6-11(15)12(16)7-10/h5-9,13H,4,17H2,1-3H3,(H,18,19). The maximum absolute atomic E-state index is 13.1. The summed E-state index contributed by atoms with van der Waals surface area (Å²) in [6.45, 7) is 5.55. The molecule has 3 nitrogen and oxygen atoms in total. The SMILES string of the molecule is CCC(C)C(N)C(=O)NC(C)c1ccc(F)c(F)c1. The molecular weight excluding hydrogens is 250 g/mol. The number of hydrogen-bond donors (Lipinski definition) is 2. The Labute approximate surface area is 112 Å². The van der Waals surface area contributed by atoms with Crippen LogP contribution in [0, 0.1) is 17.6 Å². The van der Waals surface area contributed by atoms with E-state index in [1.54, 1.807) is 6.92 Å². The lowest BCUT2D eigenvalue weighted by Crippen LogP contribution is -2.45. The van der Waals surface area contributed by atoms with Crippen molar-refractivity contribution in [2.24, 2.45) is 11.7 Å². The Kier molecular flexibility index (Phi) is 5.42. The molecule has 0 aromatic heterocycles. The molecule has 0 aliphatic carbocycles. The molecule has 0 fully saturated rings. The quantitative estimate of drug-likeness (QED) is 0.863. The van der Waals surface area contributed by atoms with Crippen LogP contribution in [0.2, 0.25) is 0 Å². The molecule has 0 radical (unpaired) electrons. The fourth-order valence-corrected chi connectivity index (χ4v) is 1.69. The average molecular weight is 270 g/mol. The van der Waals surface area contributed by atoms with Crippen LogP contribution in [-0.4, -0.2) is 11.9 Å². The highest BCUT2D eigenvalue weighted by Crippen LogP contribution is 2.16. The largest absolute Gasteiger partial charge is 0.348 e. The number of nitrogens with one attached hydrogen (secondary N) is 1. The fraction of sp³-hybridized carbons (Fsp3) is 0.500. The lowest BCUT2D eigenvalue weighted by atomic mass is 9.98. The van der Waals surface area contributed by atoms with Gasteiger partial charge in [-0.3, -0.25) is 4.79 Å². The lowest BCUT2D eigenvalue weighted by molar-refractivity contribution is -0.124. The van der Waals surface area contributed by atoms with Crippen LogP contribution in [0.15, 0.2) is 18.2 Å². The summed E-state index contributed by atoms with van der Waals surface area (Å²) in [5.41, 5.74) is 6.31. The van der Waals surface area contributed by atoms with Gasteiger partial charge in [0, 0.05) is 0 Å². The maximum Gasteiger partial charge on any atom is 0.237 e. The van der Waals surface area contributed by atoms with E-state index >= 15 is 0 Å². The summed E-state index contributed by atoms with van der Waals surface area (Å²) in [4.78, 5) is 11.9. The first-order chi connectivity index (χ1) is 8.86. The van der Waals surface area contributed by atoms with Crippen molar-refractivity contribution < 1.29 is 13.6 Å². The second-order valence-electron chi connectivity index (χ2n) is 4.82. The van der Waals surface area contributed by atoms with E-state index in [1.165, 1.54) is 6.07 Å². The first-order valence-corrected chi connectivity index (χ1v) is 6.37. The van der Waals surface area contributed by atoms with Crippen molar-refractivity contribution in [3.63, 3.8) is 0 Å². The Morgan fingerprint density at radius 1 is 1.32 bits per heavy atom. The summed E-state index contributed by atoms with van der Waals surface area (Å²) in [5.74, 6) is -2.05. The Morgan fingerprint density at radius 2 is 1.95 bits per heavy atom. The average Bonchev–Trinajstić information content (AvgIpc) is 2.39. The van der Waals surface area contributed by atoms with E-state index in [2.05, 4.69) is 5.32 Å². The van der Waals surface area contributed by atoms with E-state index in [9.17, 15) is 13.6 Å². The normalized spacial score (nSPS) is 15.7. The second-order valence-corrected chi connectivity index (χ2v) is 4.82. The molecular formula is C14H20F2N2O. The number of rotatable bonds is 5. The maximum atomic E-state index is 13.1. The molecule has 0 bridgehead atoms. The van der Waals surface area contributed by atoms with Gasteiger partial charge < -0.3 is 11.1 Å². The molecule has 106 valence electrons. The third-order valence-corrected chi connectivity index (χ3v) is 3.36. The zero-order valence-corrected chi connectivity index (χ0v) is 11.4. The smallest absolute Gasteiger partial charge is 0.237 e. The van der Waals surface area contributed by atoms with E-state index in [4.69, 9.17) is 5.73 Å². The van der Waals surface area contributed by atoms with Gasteiger partial charge in [0.25, 0.3) is 0 Å². The third kappa shape index (κ3) is 3.99. The van der Waals surface area contributed by atoms with Gasteiger partial charge in [0.2, 0.25) is 5.91 Å². The molecule has 0 aliphatic rings. The van der Waals surface area contributed by atoms with Crippen molar-refractivity contribution in [2.75, 3.05) is 0 Å².